The first-order valence-electron chi connectivity index (χ1n) is 8.66. The molecular weight excluding hydrogens is 340 g/mol. The molecule has 0 saturated heterocycles. The van der Waals surface area contributed by atoms with Gasteiger partial charge in [-0.1, -0.05) is 55.1 Å². The zero-order valence-corrected chi connectivity index (χ0v) is 14.8. The van der Waals surface area contributed by atoms with Gasteiger partial charge >= 0.3 is 0 Å². The quantitative estimate of drug-likeness (QED) is 0.393. The molecule has 4 rings (SSSR count). The van der Waals surface area contributed by atoms with Gasteiger partial charge < -0.3 is 0 Å². The van der Waals surface area contributed by atoms with Crippen LogP contribution in [0.2, 0.25) is 0 Å². The Morgan fingerprint density at radius 1 is 0.889 bits per heavy atom. The van der Waals surface area contributed by atoms with E-state index in [1.54, 1.807) is 24.3 Å². The number of pyridine rings is 1. The molecule has 0 saturated carbocycles. The summed E-state index contributed by atoms with van der Waals surface area (Å²) in [7, 11) is 0. The minimum atomic E-state index is -0.297. The molecular formula is C24H17F2N. The average Bonchev–Trinajstić information content (AvgIpc) is 2.68. The summed E-state index contributed by atoms with van der Waals surface area (Å²) in [5.41, 5.74) is 5.61. The molecule has 0 spiro atoms. The second-order valence-corrected chi connectivity index (χ2v) is 6.42. The highest BCUT2D eigenvalue weighted by Crippen LogP contribution is 2.32. The van der Waals surface area contributed by atoms with Crippen molar-refractivity contribution >= 4 is 17.0 Å². The summed E-state index contributed by atoms with van der Waals surface area (Å²) in [5, 5.41) is 0.745. The van der Waals surface area contributed by atoms with Crippen LogP contribution in [-0.2, 0) is 0 Å². The predicted octanol–water partition coefficient (Wildman–Crippen LogP) is 6.80. The predicted molar refractivity (Wildman–Crippen MR) is 107 cm³/mol. The van der Waals surface area contributed by atoms with Crippen LogP contribution in [0.5, 0.6) is 0 Å². The Hall–Kier alpha value is -3.33. The van der Waals surface area contributed by atoms with Crippen LogP contribution in [0.15, 0.2) is 73.3 Å². The Kier molecular flexibility index (Phi) is 4.28. The smallest absolute Gasteiger partial charge is 0.131 e. The van der Waals surface area contributed by atoms with Crippen LogP contribution in [0.4, 0.5) is 8.78 Å². The van der Waals surface area contributed by atoms with Gasteiger partial charge in [0, 0.05) is 16.5 Å². The van der Waals surface area contributed by atoms with Crippen molar-refractivity contribution in [1.82, 2.24) is 4.98 Å². The lowest BCUT2D eigenvalue weighted by molar-refractivity contribution is 0.629. The molecule has 0 unspecified atom stereocenters. The van der Waals surface area contributed by atoms with E-state index in [0.717, 1.165) is 33.3 Å². The topological polar surface area (TPSA) is 12.9 Å². The van der Waals surface area contributed by atoms with Gasteiger partial charge in [0.1, 0.15) is 11.6 Å². The van der Waals surface area contributed by atoms with E-state index >= 15 is 0 Å². The maximum Gasteiger partial charge on any atom is 0.131 e. The van der Waals surface area contributed by atoms with E-state index < -0.39 is 0 Å². The zero-order chi connectivity index (χ0) is 19.0. The van der Waals surface area contributed by atoms with Gasteiger partial charge in [0.25, 0.3) is 0 Å². The monoisotopic (exact) mass is 357 g/mol. The highest BCUT2D eigenvalue weighted by Gasteiger charge is 2.13. The summed E-state index contributed by atoms with van der Waals surface area (Å²) in [5.74, 6) is -0.546. The molecule has 0 radical (unpaired) electrons. The molecule has 0 N–H and O–H groups in total. The standard InChI is InChI=1S/C24H17F2N/c1-3-19-15(2)24(27-23-13-12-18(25)14-21(19)23)17-10-8-16(9-11-17)20-6-4-5-7-22(20)26/h3-14H,1H2,2H3. The molecule has 1 aromatic heterocycles. The number of hydrogen-bond donors (Lipinski definition) is 0. The number of rotatable bonds is 3. The van der Waals surface area contributed by atoms with Crippen molar-refractivity contribution in [2.24, 2.45) is 0 Å². The van der Waals surface area contributed by atoms with E-state index in [-0.39, 0.29) is 11.6 Å². The summed E-state index contributed by atoms with van der Waals surface area (Å²) in [6, 6.07) is 18.9. The Labute approximate surface area is 156 Å². The summed E-state index contributed by atoms with van der Waals surface area (Å²) < 4.78 is 27.7. The highest BCUT2D eigenvalue weighted by atomic mass is 19.1. The lowest BCUT2D eigenvalue weighted by Crippen LogP contribution is -1.95. The third-order valence-corrected chi connectivity index (χ3v) is 4.79. The minimum absolute atomic E-state index is 0.249. The number of fused-ring (bicyclic) bond motifs is 1. The number of benzene rings is 3. The fraction of sp³-hybridized carbons (Fsp3) is 0.0417. The average molecular weight is 357 g/mol. The highest BCUT2D eigenvalue weighted by molar-refractivity contribution is 5.92. The number of halogens is 2. The molecule has 1 nitrogen and oxygen atoms in total. The van der Waals surface area contributed by atoms with Crippen molar-refractivity contribution < 1.29 is 8.78 Å². The number of aromatic nitrogens is 1. The molecule has 3 aromatic carbocycles. The number of hydrogen-bond acceptors (Lipinski definition) is 1. The van der Waals surface area contributed by atoms with Crippen molar-refractivity contribution in [3.8, 4) is 22.4 Å². The molecule has 0 fully saturated rings. The molecule has 3 heteroatoms. The third-order valence-electron chi connectivity index (χ3n) is 4.79. The minimum Gasteiger partial charge on any atom is -0.247 e. The van der Waals surface area contributed by atoms with E-state index in [9.17, 15) is 8.78 Å². The molecule has 1 heterocycles. The van der Waals surface area contributed by atoms with Gasteiger partial charge in [-0.05, 0) is 47.9 Å². The summed E-state index contributed by atoms with van der Waals surface area (Å²) in [4.78, 5) is 4.73. The fourth-order valence-electron chi connectivity index (χ4n) is 3.40. The molecule has 0 aliphatic heterocycles. The van der Waals surface area contributed by atoms with Gasteiger partial charge in [0.2, 0.25) is 0 Å². The van der Waals surface area contributed by atoms with Crippen LogP contribution in [0.1, 0.15) is 11.1 Å². The Morgan fingerprint density at radius 2 is 1.59 bits per heavy atom. The molecule has 0 aliphatic rings. The summed E-state index contributed by atoms with van der Waals surface area (Å²) in [6.07, 6.45) is 1.73. The summed E-state index contributed by atoms with van der Waals surface area (Å²) in [6.45, 7) is 5.83. The van der Waals surface area contributed by atoms with Crippen molar-refractivity contribution in [1.29, 1.82) is 0 Å². The first kappa shape index (κ1) is 17.1. The zero-order valence-electron chi connectivity index (χ0n) is 14.8. The Morgan fingerprint density at radius 3 is 2.30 bits per heavy atom. The largest absolute Gasteiger partial charge is 0.247 e. The van der Waals surface area contributed by atoms with Gasteiger partial charge in [-0.2, -0.15) is 0 Å². The fourth-order valence-corrected chi connectivity index (χ4v) is 3.40. The third kappa shape index (κ3) is 3.02. The van der Waals surface area contributed by atoms with E-state index in [4.69, 9.17) is 4.98 Å². The van der Waals surface area contributed by atoms with Gasteiger partial charge in [0.05, 0.1) is 11.2 Å². The van der Waals surface area contributed by atoms with Crippen LogP contribution in [-0.4, -0.2) is 4.98 Å². The van der Waals surface area contributed by atoms with Crippen LogP contribution in [0, 0.1) is 18.6 Å². The van der Waals surface area contributed by atoms with Crippen LogP contribution < -0.4 is 0 Å². The maximum absolute atomic E-state index is 14.0. The van der Waals surface area contributed by atoms with Crippen molar-refractivity contribution in [3.05, 3.63) is 96.1 Å². The maximum atomic E-state index is 14.0. The molecule has 0 aliphatic carbocycles. The Bertz CT molecular complexity index is 1160. The first-order chi connectivity index (χ1) is 13.1. The first-order valence-corrected chi connectivity index (χ1v) is 8.66. The van der Waals surface area contributed by atoms with Crippen LogP contribution in [0.25, 0.3) is 39.4 Å². The molecule has 0 bridgehead atoms. The Balaban J connectivity index is 1.85. The normalized spacial score (nSPS) is 10.9. The van der Waals surface area contributed by atoms with E-state index in [1.165, 1.54) is 18.2 Å². The number of nitrogens with zero attached hydrogens (tertiary/aromatic N) is 1. The SMILES string of the molecule is C=Cc1c(C)c(-c2ccc(-c3ccccc3F)cc2)nc2ccc(F)cc12. The van der Waals surface area contributed by atoms with E-state index in [2.05, 4.69) is 6.58 Å². The van der Waals surface area contributed by atoms with Gasteiger partial charge in [-0.15, -0.1) is 0 Å². The lowest BCUT2D eigenvalue weighted by Gasteiger charge is -2.13. The molecule has 4 aromatic rings. The van der Waals surface area contributed by atoms with Crippen molar-refractivity contribution in [2.45, 2.75) is 6.92 Å². The molecule has 27 heavy (non-hydrogen) atoms. The molecule has 132 valence electrons. The van der Waals surface area contributed by atoms with Gasteiger partial charge in [-0.25, -0.2) is 13.8 Å². The molecule has 0 atom stereocenters. The van der Waals surface area contributed by atoms with Gasteiger partial charge in [0.15, 0.2) is 0 Å². The molecule has 0 amide bonds. The van der Waals surface area contributed by atoms with E-state index in [1.807, 2.05) is 37.3 Å². The van der Waals surface area contributed by atoms with Crippen molar-refractivity contribution in [2.75, 3.05) is 0 Å². The van der Waals surface area contributed by atoms with Gasteiger partial charge in [-0.3, -0.25) is 0 Å². The van der Waals surface area contributed by atoms with Crippen molar-refractivity contribution in [3.63, 3.8) is 0 Å². The van der Waals surface area contributed by atoms with Crippen LogP contribution >= 0.6 is 0 Å². The van der Waals surface area contributed by atoms with E-state index in [0.29, 0.717) is 11.1 Å². The summed E-state index contributed by atoms with van der Waals surface area (Å²) >= 11 is 0. The van der Waals surface area contributed by atoms with Crippen LogP contribution in [0.3, 0.4) is 0 Å². The second-order valence-electron chi connectivity index (χ2n) is 6.42. The lowest BCUT2D eigenvalue weighted by atomic mass is 9.96. The second kappa shape index (κ2) is 6.76.